The van der Waals surface area contributed by atoms with Crippen LogP contribution in [0.5, 0.6) is 0 Å². The van der Waals surface area contributed by atoms with E-state index in [1.165, 1.54) is 34.2 Å². The maximum absolute atomic E-state index is 5.10. The van der Waals surface area contributed by atoms with Crippen LogP contribution in [-0.4, -0.2) is 118 Å². The van der Waals surface area contributed by atoms with Crippen molar-refractivity contribution in [3.63, 3.8) is 0 Å². The minimum absolute atomic E-state index is 0.623. The fourth-order valence-electron chi connectivity index (χ4n) is 6.34. The Hall–Kier alpha value is -8.76. The minimum atomic E-state index is 0.623. The number of hydrogen-bond acceptors (Lipinski definition) is 23. The van der Waals surface area contributed by atoms with E-state index in [4.69, 9.17) is 8.83 Å². The first-order chi connectivity index (χ1) is 40.4. The first-order valence-corrected chi connectivity index (χ1v) is 28.5. The number of aromatic nitrogens is 24. The van der Waals surface area contributed by atoms with Crippen LogP contribution in [-0.2, 0) is 42.3 Å². The Kier molecular flexibility index (Phi) is 32.4. The third-order valence-corrected chi connectivity index (χ3v) is 13.7. The highest BCUT2D eigenvalue weighted by atomic mass is 32.1. The topological polar surface area (TPSA) is 314 Å². The molecule has 0 atom stereocenters. The molecule has 0 fully saturated rings. The summed E-state index contributed by atoms with van der Waals surface area (Å²) in [7, 11) is 11.5. The lowest BCUT2D eigenvalue weighted by molar-refractivity contribution is 0.302. The van der Waals surface area contributed by atoms with Crippen molar-refractivity contribution in [1.82, 2.24) is 118 Å². The van der Waals surface area contributed by atoms with Gasteiger partial charge in [0.25, 0.3) is 0 Å². The van der Waals surface area contributed by atoms with Crippen molar-refractivity contribution >= 4 is 11.7 Å². The number of hydrogen-bond donors (Lipinski definition) is 0. The van der Waals surface area contributed by atoms with Crippen molar-refractivity contribution in [2.45, 2.75) is 180 Å². The normalized spacial score (nSPS) is 9.84. The molecular formula is C58H96N24O4S. The quantitative estimate of drug-likeness (QED) is 0.136. The van der Waals surface area contributed by atoms with Gasteiger partial charge in [-0.15, -0.1) is 10.2 Å². The molecule has 0 N–H and O–H groups in total. The largest absolute Gasteiger partial charge is 0.446 e. The Morgan fingerprint density at radius 2 is 0.632 bits per heavy atom. The zero-order chi connectivity index (χ0) is 66.7. The molecule has 11 aromatic rings. The molecular weight excluding hydrogens is 1130 g/mol. The molecule has 11 rings (SSSR count). The van der Waals surface area contributed by atoms with Gasteiger partial charge in [-0.05, 0) is 170 Å². The van der Waals surface area contributed by atoms with E-state index in [1.54, 1.807) is 27.9 Å². The molecule has 11 heterocycles. The number of aryl methyl sites for hydroxylation is 27. The predicted octanol–water partition coefficient (Wildman–Crippen LogP) is 10.1. The minimum Gasteiger partial charge on any atom is -0.446 e. The third-order valence-electron chi connectivity index (χ3n) is 13.0. The third kappa shape index (κ3) is 27.9. The van der Waals surface area contributed by atoms with E-state index in [1.807, 2.05) is 195 Å². The first-order valence-electron chi connectivity index (χ1n) is 27.7. The summed E-state index contributed by atoms with van der Waals surface area (Å²) in [6.07, 6.45) is 0. The van der Waals surface area contributed by atoms with E-state index in [9.17, 15) is 0 Å². The average molecular weight is 1230 g/mol. The maximum Gasteiger partial charge on any atom is 0.223 e. The van der Waals surface area contributed by atoms with Crippen LogP contribution in [0.1, 0.15) is 150 Å². The molecule has 0 aliphatic heterocycles. The summed E-state index contributed by atoms with van der Waals surface area (Å²) in [5.74, 6) is 12.0. The highest BCUT2D eigenvalue weighted by Crippen LogP contribution is 2.10. The van der Waals surface area contributed by atoms with Crippen LogP contribution in [0, 0.1) is 180 Å². The van der Waals surface area contributed by atoms with Gasteiger partial charge in [0.15, 0.2) is 17.6 Å². The Balaban J connectivity index is 0.000000479. The van der Waals surface area contributed by atoms with Crippen molar-refractivity contribution < 1.29 is 18.0 Å². The van der Waals surface area contributed by atoms with Crippen LogP contribution in [0.15, 0.2) is 18.0 Å². The van der Waals surface area contributed by atoms with Gasteiger partial charge in [-0.2, -0.15) is 39.2 Å². The smallest absolute Gasteiger partial charge is 0.223 e. The Morgan fingerprint density at radius 3 is 0.713 bits per heavy atom. The lowest BCUT2D eigenvalue weighted by Gasteiger charge is -1.90. The highest BCUT2D eigenvalue weighted by Gasteiger charge is 2.04. The number of nitrogens with zero attached hydrogens (tertiary/aromatic N) is 24. The maximum atomic E-state index is 5.10. The van der Waals surface area contributed by atoms with Gasteiger partial charge in [-0.3, -0.25) is 23.4 Å². The molecule has 0 aliphatic carbocycles. The summed E-state index contributed by atoms with van der Waals surface area (Å²) >= 11 is 1.27. The monoisotopic (exact) mass is 1220 g/mol. The molecule has 0 aliphatic rings. The van der Waals surface area contributed by atoms with E-state index < -0.39 is 0 Å². The van der Waals surface area contributed by atoms with Gasteiger partial charge >= 0.3 is 0 Å². The second-order valence-electron chi connectivity index (χ2n) is 20.2. The van der Waals surface area contributed by atoms with Gasteiger partial charge in [-0.25, -0.2) is 29.5 Å². The first kappa shape index (κ1) is 76.3. The lowest BCUT2D eigenvalue weighted by atomic mass is 10.2. The average Bonchev–Trinajstić information content (AvgIpc) is 4.60. The fraction of sp³-hybridized carbons (Fsp3) is 0.552. The van der Waals surface area contributed by atoms with E-state index in [0.29, 0.717) is 11.7 Å². The molecule has 87 heavy (non-hydrogen) atoms. The molecule has 0 saturated carbocycles. The number of oxazole rings is 2. The van der Waals surface area contributed by atoms with Crippen molar-refractivity contribution in [2.75, 3.05) is 0 Å². The van der Waals surface area contributed by atoms with Crippen molar-refractivity contribution in [2.24, 2.45) is 42.3 Å². The summed E-state index contributed by atoms with van der Waals surface area (Å²) in [6.45, 7) is 50.3. The van der Waals surface area contributed by atoms with E-state index in [2.05, 4.69) is 127 Å². The Bertz CT molecular complexity index is 3180. The molecule has 0 unspecified atom stereocenters. The van der Waals surface area contributed by atoms with Crippen LogP contribution in [0.2, 0.25) is 0 Å². The van der Waals surface area contributed by atoms with Gasteiger partial charge < -0.3 is 17.9 Å². The van der Waals surface area contributed by atoms with Gasteiger partial charge in [0, 0.05) is 74.4 Å². The summed E-state index contributed by atoms with van der Waals surface area (Å²) in [6, 6.07) is 0. The second-order valence-corrected chi connectivity index (χ2v) is 20.7. The molecule has 0 aromatic carbocycles. The van der Waals surface area contributed by atoms with Crippen LogP contribution in [0.4, 0.5) is 0 Å². The molecule has 29 heteroatoms. The standard InChI is InChI=1S/2C7H12N2.2C6H9NO.4C5H9N3.2C4H6N2O.C4H6N2S/c2*1-5-6(2)8-9(4)7(5)3;2*1-4-5(2)8-6(3)7-4;1-4-6-7-5(2)8(4)3;3*1-4-6-5(2)8(3)7-4;1-3-5-4(2)7-6-3;2*1-3-4(2)6-7-5-3/h2*1-4H3;6*1-3H3;3*1-2H3. The number of rotatable bonds is 0. The van der Waals surface area contributed by atoms with Crippen LogP contribution in [0.3, 0.4) is 0 Å². The van der Waals surface area contributed by atoms with Crippen LogP contribution >= 0.6 is 11.7 Å². The fourth-order valence-corrected chi connectivity index (χ4v) is 6.89. The molecule has 0 saturated heterocycles. The molecule has 0 bridgehead atoms. The van der Waals surface area contributed by atoms with Gasteiger partial charge in [0.2, 0.25) is 5.89 Å². The molecule has 11 aromatic heterocycles. The van der Waals surface area contributed by atoms with Crippen LogP contribution < -0.4 is 0 Å². The van der Waals surface area contributed by atoms with Crippen LogP contribution in [0.25, 0.3) is 0 Å². The SMILES string of the molecule is Cc1nc(C)c(C)o1.Cc1nc(C)c(C)o1.Cc1nc(C)n(C)n1.Cc1nc(C)n(C)n1.Cc1nc(C)n(C)n1.Cc1nn(C)c(C)c1C.Cc1nn(C)c(C)c1C.Cc1nnc(C)n1C.Cc1noc(C)n1.Cc1nonc1C.Cc1nsnc1C. The van der Waals surface area contributed by atoms with Crippen molar-refractivity contribution in [1.29, 1.82) is 0 Å². The molecule has 0 spiro atoms. The second kappa shape index (κ2) is 36.9. The highest BCUT2D eigenvalue weighted by molar-refractivity contribution is 6.99. The predicted molar refractivity (Wildman–Crippen MR) is 335 cm³/mol. The van der Waals surface area contributed by atoms with Crippen molar-refractivity contribution in [3.8, 4) is 0 Å². The summed E-state index contributed by atoms with van der Waals surface area (Å²) in [5.41, 5.74) is 13.2. The van der Waals surface area contributed by atoms with E-state index in [-0.39, 0.29) is 0 Å². The van der Waals surface area contributed by atoms with E-state index in [0.717, 1.165) is 115 Å². The van der Waals surface area contributed by atoms with E-state index >= 15 is 0 Å². The molecule has 0 amide bonds. The summed E-state index contributed by atoms with van der Waals surface area (Å²) in [5, 5.41) is 38.8. The zero-order valence-corrected chi connectivity index (χ0v) is 58.6. The molecule has 28 nitrogen and oxygen atoms in total. The Morgan fingerprint density at radius 1 is 0.299 bits per heavy atom. The summed E-state index contributed by atoms with van der Waals surface area (Å²) < 4.78 is 38.1. The molecule has 478 valence electrons. The van der Waals surface area contributed by atoms with Gasteiger partial charge in [-0.1, -0.05) is 15.5 Å². The van der Waals surface area contributed by atoms with Gasteiger partial charge in [0.1, 0.15) is 69.5 Å². The summed E-state index contributed by atoms with van der Waals surface area (Å²) in [4.78, 5) is 24.1. The van der Waals surface area contributed by atoms with Gasteiger partial charge in [0.05, 0.1) is 45.9 Å². The lowest BCUT2D eigenvalue weighted by Crippen LogP contribution is -1.92. The zero-order valence-electron chi connectivity index (χ0n) is 57.8. The molecule has 0 radical (unpaired) electrons. The Labute approximate surface area is 517 Å². The van der Waals surface area contributed by atoms with Crippen molar-refractivity contribution in [3.05, 3.63) is 150 Å².